The highest BCUT2D eigenvalue weighted by Crippen LogP contribution is 2.31. The number of carbonyl (C=O) groups is 1. The van der Waals surface area contributed by atoms with E-state index in [0.717, 1.165) is 21.0 Å². The molecule has 3 aromatic heterocycles. The van der Waals surface area contributed by atoms with E-state index in [1.807, 2.05) is 30.3 Å². The van der Waals surface area contributed by atoms with E-state index in [1.54, 1.807) is 17.4 Å². The number of para-hydroxylation sites is 1. The van der Waals surface area contributed by atoms with Crippen LogP contribution in [0.4, 0.5) is 0 Å². The van der Waals surface area contributed by atoms with Crippen molar-refractivity contribution in [1.29, 1.82) is 0 Å². The Balaban J connectivity index is 1.31. The van der Waals surface area contributed by atoms with Gasteiger partial charge in [0.1, 0.15) is 11.3 Å². The van der Waals surface area contributed by atoms with Gasteiger partial charge in [0, 0.05) is 18.5 Å². The molecule has 0 bridgehead atoms. The van der Waals surface area contributed by atoms with Crippen LogP contribution in [-0.2, 0) is 13.1 Å². The quantitative estimate of drug-likeness (QED) is 0.520. The first kappa shape index (κ1) is 17.2. The van der Waals surface area contributed by atoms with Crippen LogP contribution in [0.15, 0.2) is 57.0 Å². The third kappa shape index (κ3) is 3.02. The lowest BCUT2D eigenvalue weighted by molar-refractivity contribution is 0.0945. The van der Waals surface area contributed by atoms with Crippen LogP contribution < -0.4 is 10.9 Å². The molecule has 9 heteroatoms. The van der Waals surface area contributed by atoms with Crippen molar-refractivity contribution in [2.24, 2.45) is 0 Å². The number of hydrogen-bond acceptors (Lipinski definition) is 7. The second-order valence-corrected chi connectivity index (χ2v) is 8.29. The largest absolute Gasteiger partial charge is 0.457 e. The van der Waals surface area contributed by atoms with Gasteiger partial charge in [0.15, 0.2) is 15.9 Å². The minimum atomic E-state index is -0.456. The average Bonchev–Trinajstić information content (AvgIpc) is 3.44. The van der Waals surface area contributed by atoms with Crippen LogP contribution in [0, 0.1) is 0 Å². The summed E-state index contributed by atoms with van der Waals surface area (Å²) >= 11 is 3.07. The maximum Gasteiger partial charge on any atom is 0.267 e. The molecule has 0 saturated heterocycles. The van der Waals surface area contributed by atoms with Crippen LogP contribution >= 0.6 is 23.1 Å². The number of furan rings is 1. The number of amides is 1. The van der Waals surface area contributed by atoms with Gasteiger partial charge in [0.2, 0.25) is 0 Å². The number of carbonyl (C=O) groups excluding carboxylic acids is 1. The summed E-state index contributed by atoms with van der Waals surface area (Å²) in [5.41, 5.74) is 0.669. The first-order chi connectivity index (χ1) is 13.7. The van der Waals surface area contributed by atoms with Crippen molar-refractivity contribution < 1.29 is 9.21 Å². The Kier molecular flexibility index (Phi) is 4.25. The lowest BCUT2D eigenvalue weighted by Crippen LogP contribution is -2.33. The zero-order chi connectivity index (χ0) is 19.1. The normalized spacial score (nSPS) is 13.0. The van der Waals surface area contributed by atoms with Crippen LogP contribution in [0.5, 0.6) is 0 Å². The molecular weight excluding hydrogens is 396 g/mol. The molecule has 0 fully saturated rings. The van der Waals surface area contributed by atoms with Gasteiger partial charge in [-0.25, -0.2) is 9.97 Å². The van der Waals surface area contributed by atoms with Gasteiger partial charge in [0.25, 0.3) is 11.5 Å². The number of aromatic nitrogens is 3. The Morgan fingerprint density at radius 2 is 2.14 bits per heavy atom. The molecule has 0 atom stereocenters. The Bertz CT molecular complexity index is 1220. The summed E-state index contributed by atoms with van der Waals surface area (Å²) in [7, 11) is 0. The molecule has 0 saturated carbocycles. The summed E-state index contributed by atoms with van der Waals surface area (Å²) in [5, 5.41) is 4.18. The van der Waals surface area contributed by atoms with E-state index in [2.05, 4.69) is 15.3 Å². The smallest absolute Gasteiger partial charge is 0.267 e. The third-order valence-electron chi connectivity index (χ3n) is 4.39. The highest BCUT2D eigenvalue weighted by Gasteiger charge is 2.20. The number of hydrogen-bond donors (Lipinski definition) is 1. The van der Waals surface area contributed by atoms with Gasteiger partial charge < -0.3 is 9.73 Å². The summed E-state index contributed by atoms with van der Waals surface area (Å²) in [6.07, 6.45) is 1.34. The molecule has 4 aromatic rings. The second-order valence-electron chi connectivity index (χ2n) is 6.20. The zero-order valence-corrected chi connectivity index (χ0v) is 16.2. The predicted molar refractivity (Wildman–Crippen MR) is 108 cm³/mol. The average molecular weight is 410 g/mol. The van der Waals surface area contributed by atoms with Crippen LogP contribution in [0.25, 0.3) is 21.0 Å². The van der Waals surface area contributed by atoms with Gasteiger partial charge >= 0.3 is 0 Å². The van der Waals surface area contributed by atoms with Crippen molar-refractivity contribution in [3.8, 4) is 10.8 Å². The zero-order valence-electron chi connectivity index (χ0n) is 14.5. The molecule has 0 radical (unpaired) electrons. The van der Waals surface area contributed by atoms with E-state index in [1.165, 1.54) is 22.5 Å². The maximum absolute atomic E-state index is 12.4. The number of benzene rings is 1. The fourth-order valence-electron chi connectivity index (χ4n) is 3.00. The van der Waals surface area contributed by atoms with Crippen molar-refractivity contribution in [2.75, 3.05) is 5.75 Å². The highest BCUT2D eigenvalue weighted by molar-refractivity contribution is 7.99. The van der Waals surface area contributed by atoms with Crippen molar-refractivity contribution in [3.05, 3.63) is 64.3 Å². The molecule has 1 amide bonds. The van der Waals surface area contributed by atoms with Gasteiger partial charge in [-0.05, 0) is 24.3 Å². The van der Waals surface area contributed by atoms with Crippen molar-refractivity contribution in [2.45, 2.75) is 18.2 Å². The van der Waals surface area contributed by atoms with Gasteiger partial charge in [0.05, 0.1) is 16.8 Å². The molecule has 1 aliphatic rings. The van der Waals surface area contributed by atoms with E-state index in [0.29, 0.717) is 23.2 Å². The molecule has 1 aliphatic heterocycles. The van der Waals surface area contributed by atoms with E-state index < -0.39 is 5.91 Å². The van der Waals surface area contributed by atoms with E-state index in [4.69, 9.17) is 4.42 Å². The third-order valence-corrected chi connectivity index (χ3v) is 6.41. The monoisotopic (exact) mass is 410 g/mol. The number of nitrogens with zero attached hydrogens (tertiary/aromatic N) is 3. The number of fused-ring (bicyclic) bond motifs is 2. The Labute approximate surface area is 167 Å². The van der Waals surface area contributed by atoms with E-state index in [-0.39, 0.29) is 17.7 Å². The first-order valence-corrected chi connectivity index (χ1v) is 10.4. The lowest BCUT2D eigenvalue weighted by Gasteiger charge is -2.05. The molecule has 1 aromatic carbocycles. The van der Waals surface area contributed by atoms with Crippen LogP contribution in [0.2, 0.25) is 0 Å². The van der Waals surface area contributed by atoms with Gasteiger partial charge in [-0.2, -0.15) is 0 Å². The fourth-order valence-corrected chi connectivity index (χ4v) is 4.84. The molecule has 140 valence electrons. The first-order valence-electron chi connectivity index (χ1n) is 8.64. The Morgan fingerprint density at radius 1 is 1.25 bits per heavy atom. The number of nitrogens with one attached hydrogen (secondary N) is 1. The summed E-state index contributed by atoms with van der Waals surface area (Å²) in [4.78, 5) is 33.6. The highest BCUT2D eigenvalue weighted by atomic mass is 32.2. The number of thioether (sulfide) groups is 1. The van der Waals surface area contributed by atoms with Crippen molar-refractivity contribution in [1.82, 2.24) is 19.9 Å². The van der Waals surface area contributed by atoms with Crippen LogP contribution in [0.3, 0.4) is 0 Å². The van der Waals surface area contributed by atoms with E-state index in [9.17, 15) is 9.59 Å². The molecule has 7 nitrogen and oxygen atoms in total. The molecule has 4 heterocycles. The Morgan fingerprint density at radius 3 is 3.04 bits per heavy atom. The maximum atomic E-state index is 12.4. The van der Waals surface area contributed by atoms with Gasteiger partial charge in [-0.3, -0.25) is 14.2 Å². The molecule has 0 spiro atoms. The molecule has 0 unspecified atom stereocenters. The molecule has 0 aliphatic carbocycles. The number of thiazole rings is 1. The van der Waals surface area contributed by atoms with Gasteiger partial charge in [-0.15, -0.1) is 11.3 Å². The lowest BCUT2D eigenvalue weighted by atomic mass is 10.3. The predicted octanol–water partition coefficient (Wildman–Crippen LogP) is 3.15. The summed E-state index contributed by atoms with van der Waals surface area (Å²) in [5.74, 6) is 1.59. The van der Waals surface area contributed by atoms with Gasteiger partial charge in [-0.1, -0.05) is 23.9 Å². The molecule has 5 rings (SSSR count). The SMILES string of the molecule is O=C(NCc1ccc(-c2nc3ccccc3s2)o1)c1cnc2n(c1=O)CCS2. The summed E-state index contributed by atoms with van der Waals surface area (Å²) in [6, 6.07) is 11.5. The fraction of sp³-hybridized carbons (Fsp3) is 0.158. The molecule has 1 N–H and O–H groups in total. The van der Waals surface area contributed by atoms with Crippen LogP contribution in [-0.4, -0.2) is 26.2 Å². The topological polar surface area (TPSA) is 90.0 Å². The summed E-state index contributed by atoms with van der Waals surface area (Å²) in [6.45, 7) is 0.760. The molecule has 28 heavy (non-hydrogen) atoms. The minimum Gasteiger partial charge on any atom is -0.457 e. The second kappa shape index (κ2) is 6.92. The van der Waals surface area contributed by atoms with Crippen molar-refractivity contribution in [3.63, 3.8) is 0 Å². The van der Waals surface area contributed by atoms with Crippen molar-refractivity contribution >= 4 is 39.2 Å². The Hall–Kier alpha value is -2.91. The van der Waals surface area contributed by atoms with Crippen LogP contribution in [0.1, 0.15) is 16.1 Å². The summed E-state index contributed by atoms with van der Waals surface area (Å²) < 4.78 is 8.45. The molecular formula is C19H14N4O3S2. The standard InChI is InChI=1S/C19H14N4O3S2/c24-16(12-10-21-19-23(18(12)25)7-8-27-19)20-9-11-5-6-14(26-11)17-22-13-3-1-2-4-15(13)28-17/h1-6,10H,7-9H2,(H,20,24). The van der Waals surface area contributed by atoms with E-state index >= 15 is 0 Å². The number of rotatable bonds is 4. The minimum absolute atomic E-state index is 0.0456.